The number of hydrogen-bond donors (Lipinski definition) is 2. The van der Waals surface area contributed by atoms with Gasteiger partial charge in [0, 0.05) is 50.2 Å². The topological polar surface area (TPSA) is 77.6 Å². The van der Waals surface area contributed by atoms with E-state index in [1.807, 2.05) is 17.2 Å². The van der Waals surface area contributed by atoms with E-state index in [0.717, 1.165) is 30.3 Å². The van der Waals surface area contributed by atoms with Crippen molar-refractivity contribution >= 4 is 28.4 Å². The van der Waals surface area contributed by atoms with Gasteiger partial charge in [0.05, 0.1) is 5.69 Å². The van der Waals surface area contributed by atoms with E-state index in [1.54, 1.807) is 11.3 Å². The molecule has 3 rings (SSSR count). The quantitative estimate of drug-likeness (QED) is 0.706. The first-order valence-corrected chi connectivity index (χ1v) is 10.6. The molecular formula is C20H26FN5O2S. The number of amides is 3. The lowest BCUT2D eigenvalue weighted by molar-refractivity contribution is 0.0953. The summed E-state index contributed by atoms with van der Waals surface area (Å²) in [5.41, 5.74) is 1.44. The third-order valence-electron chi connectivity index (χ3n) is 4.68. The molecule has 156 valence electrons. The minimum atomic E-state index is -0.373. The van der Waals surface area contributed by atoms with Gasteiger partial charge in [-0.05, 0) is 44.0 Å². The number of thiazole rings is 1. The molecule has 0 unspecified atom stereocenters. The molecule has 2 N–H and O–H groups in total. The van der Waals surface area contributed by atoms with Crippen LogP contribution in [0.4, 0.5) is 14.3 Å². The summed E-state index contributed by atoms with van der Waals surface area (Å²) < 4.78 is 12.9. The van der Waals surface area contributed by atoms with Gasteiger partial charge < -0.3 is 20.4 Å². The van der Waals surface area contributed by atoms with E-state index in [2.05, 4.69) is 20.5 Å². The fraction of sp³-hybridized carbons (Fsp3) is 0.450. The average Bonchev–Trinajstić information content (AvgIpc) is 2.99. The number of aromatic nitrogens is 1. The van der Waals surface area contributed by atoms with Crippen LogP contribution in [0.3, 0.4) is 0 Å². The number of urea groups is 1. The van der Waals surface area contributed by atoms with Gasteiger partial charge in [-0.2, -0.15) is 0 Å². The predicted octanol–water partition coefficient (Wildman–Crippen LogP) is 2.63. The molecule has 0 bridgehead atoms. The van der Waals surface area contributed by atoms with Crippen molar-refractivity contribution in [2.45, 2.75) is 19.8 Å². The van der Waals surface area contributed by atoms with Crippen molar-refractivity contribution in [3.05, 3.63) is 46.7 Å². The highest BCUT2D eigenvalue weighted by Gasteiger charge is 2.20. The maximum Gasteiger partial charge on any atom is 0.317 e. The van der Waals surface area contributed by atoms with Crippen molar-refractivity contribution in [2.75, 3.05) is 44.2 Å². The number of aryl methyl sites for hydroxylation is 1. The molecule has 1 aliphatic rings. The molecule has 2 heterocycles. The molecule has 1 aromatic carbocycles. The number of carbonyl (C=O) groups is 2. The normalized spacial score (nSPS) is 14.4. The Morgan fingerprint density at radius 2 is 1.86 bits per heavy atom. The molecule has 7 nitrogen and oxygen atoms in total. The Morgan fingerprint density at radius 1 is 1.10 bits per heavy atom. The summed E-state index contributed by atoms with van der Waals surface area (Å²) in [6, 6.07) is 5.33. The number of hydrogen-bond acceptors (Lipinski definition) is 5. The molecule has 0 atom stereocenters. The Labute approximate surface area is 173 Å². The maximum absolute atomic E-state index is 12.9. The van der Waals surface area contributed by atoms with Gasteiger partial charge in [-0.15, -0.1) is 11.3 Å². The number of nitrogens with one attached hydrogen (secondary N) is 2. The van der Waals surface area contributed by atoms with Crippen molar-refractivity contribution in [1.82, 2.24) is 20.5 Å². The molecule has 9 heteroatoms. The zero-order chi connectivity index (χ0) is 20.6. The van der Waals surface area contributed by atoms with Gasteiger partial charge in [0.15, 0.2) is 5.13 Å². The first-order chi connectivity index (χ1) is 14.0. The number of halogens is 1. The lowest BCUT2D eigenvalue weighted by Gasteiger charge is -2.22. The van der Waals surface area contributed by atoms with Crippen LogP contribution in [-0.2, 0) is 0 Å². The van der Waals surface area contributed by atoms with E-state index in [9.17, 15) is 14.0 Å². The molecule has 1 aliphatic heterocycles. The molecule has 2 aromatic rings. The lowest BCUT2D eigenvalue weighted by Crippen LogP contribution is -2.42. The van der Waals surface area contributed by atoms with E-state index >= 15 is 0 Å². The highest BCUT2D eigenvalue weighted by atomic mass is 32.1. The predicted molar refractivity (Wildman–Crippen MR) is 112 cm³/mol. The van der Waals surface area contributed by atoms with Gasteiger partial charge in [0.1, 0.15) is 5.82 Å². The van der Waals surface area contributed by atoms with Crippen LogP contribution in [0, 0.1) is 12.7 Å². The van der Waals surface area contributed by atoms with Crippen LogP contribution >= 0.6 is 11.3 Å². The van der Waals surface area contributed by atoms with Crippen molar-refractivity contribution in [3.63, 3.8) is 0 Å². The fourth-order valence-corrected chi connectivity index (χ4v) is 3.96. The number of benzene rings is 1. The fourth-order valence-electron chi connectivity index (χ4n) is 3.10. The Morgan fingerprint density at radius 3 is 2.59 bits per heavy atom. The largest absolute Gasteiger partial charge is 0.352 e. The highest BCUT2D eigenvalue weighted by molar-refractivity contribution is 7.13. The van der Waals surface area contributed by atoms with Crippen LogP contribution < -0.4 is 15.5 Å². The molecule has 3 amide bonds. The number of carbonyl (C=O) groups excluding carboxylic acids is 2. The van der Waals surface area contributed by atoms with Gasteiger partial charge in [0.2, 0.25) is 0 Å². The van der Waals surface area contributed by atoms with E-state index in [-0.39, 0.29) is 17.8 Å². The van der Waals surface area contributed by atoms with Crippen LogP contribution in [0.15, 0.2) is 29.6 Å². The Hall–Kier alpha value is -2.68. The molecule has 0 spiro atoms. The smallest absolute Gasteiger partial charge is 0.317 e. The highest BCUT2D eigenvalue weighted by Crippen LogP contribution is 2.21. The zero-order valence-electron chi connectivity index (χ0n) is 16.5. The van der Waals surface area contributed by atoms with Crippen LogP contribution in [0.5, 0.6) is 0 Å². The Bertz CT molecular complexity index is 827. The van der Waals surface area contributed by atoms with E-state index in [4.69, 9.17) is 0 Å². The van der Waals surface area contributed by atoms with Crippen molar-refractivity contribution < 1.29 is 14.0 Å². The van der Waals surface area contributed by atoms with Crippen LogP contribution in [0.2, 0.25) is 0 Å². The molecule has 1 aromatic heterocycles. The number of rotatable bonds is 6. The second kappa shape index (κ2) is 10.2. The summed E-state index contributed by atoms with van der Waals surface area (Å²) in [5.74, 6) is -0.621. The maximum atomic E-state index is 12.9. The third kappa shape index (κ3) is 6.15. The third-order valence-corrected chi connectivity index (χ3v) is 5.70. The molecular weight excluding hydrogens is 393 g/mol. The molecule has 1 fully saturated rings. The zero-order valence-corrected chi connectivity index (χ0v) is 17.3. The summed E-state index contributed by atoms with van der Waals surface area (Å²) in [4.78, 5) is 33.0. The van der Waals surface area contributed by atoms with E-state index < -0.39 is 0 Å². The second-order valence-electron chi connectivity index (χ2n) is 6.95. The first-order valence-electron chi connectivity index (χ1n) is 9.76. The summed E-state index contributed by atoms with van der Waals surface area (Å²) in [6.07, 6.45) is 1.52. The molecule has 0 radical (unpaired) electrons. The van der Waals surface area contributed by atoms with Gasteiger partial charge in [-0.1, -0.05) is 0 Å². The van der Waals surface area contributed by atoms with Gasteiger partial charge >= 0.3 is 6.03 Å². The van der Waals surface area contributed by atoms with E-state index in [0.29, 0.717) is 38.2 Å². The van der Waals surface area contributed by atoms with Crippen LogP contribution in [-0.4, -0.2) is 61.1 Å². The van der Waals surface area contributed by atoms with E-state index in [1.165, 1.54) is 24.3 Å². The average molecular weight is 420 g/mol. The van der Waals surface area contributed by atoms with Crippen LogP contribution in [0.25, 0.3) is 0 Å². The van der Waals surface area contributed by atoms with Crippen molar-refractivity contribution in [1.29, 1.82) is 0 Å². The summed E-state index contributed by atoms with van der Waals surface area (Å²) in [5, 5.41) is 8.74. The molecule has 1 saturated heterocycles. The monoisotopic (exact) mass is 419 g/mol. The standard InChI is InChI=1S/C20H26FN5O2S/c1-15-14-29-20(24-15)26-11-3-10-25(12-13-26)19(28)23-9-2-8-22-18(27)16-4-6-17(21)7-5-16/h4-7,14H,2-3,8-13H2,1H3,(H,22,27)(H,23,28). The molecule has 0 aliphatic carbocycles. The first kappa shape index (κ1) is 21.0. The van der Waals surface area contributed by atoms with Crippen LogP contribution in [0.1, 0.15) is 28.9 Å². The summed E-state index contributed by atoms with van der Waals surface area (Å²) in [6.45, 7) is 5.95. The lowest BCUT2D eigenvalue weighted by atomic mass is 10.2. The molecule has 0 saturated carbocycles. The Balaban J connectivity index is 1.34. The summed E-state index contributed by atoms with van der Waals surface area (Å²) >= 11 is 1.64. The van der Waals surface area contributed by atoms with Gasteiger partial charge in [0.25, 0.3) is 5.91 Å². The van der Waals surface area contributed by atoms with Gasteiger partial charge in [-0.3, -0.25) is 4.79 Å². The van der Waals surface area contributed by atoms with Crippen molar-refractivity contribution in [3.8, 4) is 0 Å². The minimum absolute atomic E-state index is 0.0768. The minimum Gasteiger partial charge on any atom is -0.352 e. The second-order valence-corrected chi connectivity index (χ2v) is 7.78. The van der Waals surface area contributed by atoms with Gasteiger partial charge in [-0.25, -0.2) is 14.2 Å². The number of anilines is 1. The number of nitrogens with zero attached hydrogens (tertiary/aromatic N) is 3. The molecule has 29 heavy (non-hydrogen) atoms. The Kier molecular flexibility index (Phi) is 7.40. The SMILES string of the molecule is Cc1csc(N2CCCN(C(=O)NCCCNC(=O)c3ccc(F)cc3)CC2)n1. The van der Waals surface area contributed by atoms with Crippen molar-refractivity contribution in [2.24, 2.45) is 0 Å². The summed E-state index contributed by atoms with van der Waals surface area (Å²) in [7, 11) is 0.